The summed E-state index contributed by atoms with van der Waals surface area (Å²) < 4.78 is 5.78. The van der Waals surface area contributed by atoms with E-state index in [4.69, 9.17) is 4.74 Å². The van der Waals surface area contributed by atoms with E-state index >= 15 is 0 Å². The van der Waals surface area contributed by atoms with Crippen molar-refractivity contribution in [1.29, 1.82) is 0 Å². The number of ether oxygens (including phenoxy) is 1. The Kier molecular flexibility index (Phi) is 2.89. The standard InChI is InChI=1S/C10H18O2/c1-8-4-5-9(6-7-11)10(2,3)12-8/h7-9H,4-6H2,1-3H3/t8?,9-/m0/s1. The Bertz CT molecular complexity index is 163. The molecule has 2 atom stereocenters. The molecule has 1 saturated heterocycles. The van der Waals surface area contributed by atoms with Crippen LogP contribution >= 0.6 is 0 Å². The molecule has 1 rings (SSSR count). The highest BCUT2D eigenvalue weighted by atomic mass is 16.5. The molecule has 0 aromatic heterocycles. The summed E-state index contributed by atoms with van der Waals surface area (Å²) in [6, 6.07) is 0. The van der Waals surface area contributed by atoms with Crippen molar-refractivity contribution in [2.24, 2.45) is 5.92 Å². The van der Waals surface area contributed by atoms with Crippen molar-refractivity contribution >= 4 is 6.29 Å². The zero-order valence-corrected chi connectivity index (χ0v) is 8.17. The molecular weight excluding hydrogens is 152 g/mol. The van der Waals surface area contributed by atoms with Crippen molar-refractivity contribution in [3.8, 4) is 0 Å². The zero-order valence-electron chi connectivity index (χ0n) is 8.17. The van der Waals surface area contributed by atoms with Gasteiger partial charge in [0.15, 0.2) is 0 Å². The predicted molar refractivity (Wildman–Crippen MR) is 48.0 cm³/mol. The van der Waals surface area contributed by atoms with Crippen molar-refractivity contribution in [3.05, 3.63) is 0 Å². The van der Waals surface area contributed by atoms with Gasteiger partial charge in [-0.15, -0.1) is 0 Å². The molecule has 2 heteroatoms. The van der Waals surface area contributed by atoms with Gasteiger partial charge in [-0.3, -0.25) is 0 Å². The number of rotatable bonds is 2. The third-order valence-corrected chi connectivity index (χ3v) is 2.79. The first-order valence-electron chi connectivity index (χ1n) is 4.67. The van der Waals surface area contributed by atoms with E-state index in [9.17, 15) is 4.79 Å². The topological polar surface area (TPSA) is 26.3 Å². The number of carbonyl (C=O) groups is 1. The van der Waals surface area contributed by atoms with Crippen LogP contribution in [-0.4, -0.2) is 18.0 Å². The SMILES string of the molecule is CC1CC[C@@H](CC=O)C(C)(C)O1. The van der Waals surface area contributed by atoms with Gasteiger partial charge in [0.1, 0.15) is 6.29 Å². The Balaban J connectivity index is 2.57. The highest BCUT2D eigenvalue weighted by Crippen LogP contribution is 2.35. The lowest BCUT2D eigenvalue weighted by molar-refractivity contribution is -0.140. The van der Waals surface area contributed by atoms with E-state index in [1.807, 2.05) is 0 Å². The molecule has 70 valence electrons. The molecule has 0 radical (unpaired) electrons. The Hall–Kier alpha value is -0.370. The molecule has 0 N–H and O–H groups in total. The van der Waals surface area contributed by atoms with Crippen LogP contribution in [0, 0.1) is 5.92 Å². The highest BCUT2D eigenvalue weighted by Gasteiger charge is 2.35. The second-order valence-corrected chi connectivity index (χ2v) is 4.21. The van der Waals surface area contributed by atoms with E-state index in [1.54, 1.807) is 0 Å². The fraction of sp³-hybridized carbons (Fsp3) is 0.900. The van der Waals surface area contributed by atoms with Gasteiger partial charge in [0.2, 0.25) is 0 Å². The third kappa shape index (κ3) is 2.07. The lowest BCUT2D eigenvalue weighted by Gasteiger charge is -2.41. The molecule has 1 fully saturated rings. The van der Waals surface area contributed by atoms with E-state index < -0.39 is 0 Å². The minimum Gasteiger partial charge on any atom is -0.372 e. The lowest BCUT2D eigenvalue weighted by atomic mass is 9.81. The smallest absolute Gasteiger partial charge is 0.120 e. The average molecular weight is 170 g/mol. The van der Waals surface area contributed by atoms with Crippen molar-refractivity contribution in [2.45, 2.75) is 51.7 Å². The maximum absolute atomic E-state index is 10.4. The first-order chi connectivity index (χ1) is 5.56. The van der Waals surface area contributed by atoms with Crippen LogP contribution in [-0.2, 0) is 9.53 Å². The molecule has 1 unspecified atom stereocenters. The summed E-state index contributed by atoms with van der Waals surface area (Å²) in [5.74, 6) is 0.409. The first-order valence-corrected chi connectivity index (χ1v) is 4.67. The van der Waals surface area contributed by atoms with Crippen LogP contribution in [0.15, 0.2) is 0 Å². The summed E-state index contributed by atoms with van der Waals surface area (Å²) in [6.07, 6.45) is 4.20. The molecule has 0 bridgehead atoms. The Morgan fingerprint density at radius 2 is 2.17 bits per heavy atom. The molecule has 0 aromatic rings. The highest BCUT2D eigenvalue weighted by molar-refractivity contribution is 5.50. The molecule has 1 aliphatic rings. The molecule has 12 heavy (non-hydrogen) atoms. The fourth-order valence-corrected chi connectivity index (χ4v) is 1.97. The van der Waals surface area contributed by atoms with Gasteiger partial charge in [0.25, 0.3) is 0 Å². The monoisotopic (exact) mass is 170 g/mol. The van der Waals surface area contributed by atoms with Gasteiger partial charge in [-0.25, -0.2) is 0 Å². The van der Waals surface area contributed by atoms with E-state index in [-0.39, 0.29) is 5.60 Å². The molecular formula is C10H18O2. The maximum atomic E-state index is 10.4. The number of aldehydes is 1. The number of hydrogen-bond donors (Lipinski definition) is 0. The summed E-state index contributed by atoms with van der Waals surface area (Å²) in [5, 5.41) is 0. The zero-order chi connectivity index (χ0) is 9.19. The van der Waals surface area contributed by atoms with Crippen LogP contribution in [0.5, 0.6) is 0 Å². The maximum Gasteiger partial charge on any atom is 0.120 e. The molecule has 0 aromatic carbocycles. The van der Waals surface area contributed by atoms with Gasteiger partial charge < -0.3 is 9.53 Å². The van der Waals surface area contributed by atoms with Gasteiger partial charge in [-0.05, 0) is 39.5 Å². The van der Waals surface area contributed by atoms with Gasteiger partial charge in [0.05, 0.1) is 11.7 Å². The Morgan fingerprint density at radius 3 is 2.67 bits per heavy atom. The second kappa shape index (κ2) is 3.56. The molecule has 0 spiro atoms. The minimum absolute atomic E-state index is 0.113. The minimum atomic E-state index is -0.113. The van der Waals surface area contributed by atoms with E-state index in [0.29, 0.717) is 18.4 Å². The number of hydrogen-bond acceptors (Lipinski definition) is 2. The van der Waals surface area contributed by atoms with E-state index in [1.165, 1.54) is 0 Å². The molecule has 0 aliphatic carbocycles. The van der Waals surface area contributed by atoms with Crippen LogP contribution in [0.3, 0.4) is 0 Å². The summed E-state index contributed by atoms with van der Waals surface area (Å²) in [6.45, 7) is 6.26. The molecule has 0 saturated carbocycles. The number of carbonyl (C=O) groups excluding carboxylic acids is 1. The van der Waals surface area contributed by atoms with Crippen LogP contribution in [0.2, 0.25) is 0 Å². The molecule has 2 nitrogen and oxygen atoms in total. The normalized spacial score (nSPS) is 34.6. The Morgan fingerprint density at radius 1 is 1.50 bits per heavy atom. The van der Waals surface area contributed by atoms with Crippen molar-refractivity contribution in [2.75, 3.05) is 0 Å². The van der Waals surface area contributed by atoms with Gasteiger partial charge in [0, 0.05) is 6.42 Å². The predicted octanol–water partition coefficient (Wildman–Crippen LogP) is 2.17. The molecule has 1 aliphatic heterocycles. The summed E-state index contributed by atoms with van der Waals surface area (Å²) >= 11 is 0. The van der Waals surface area contributed by atoms with Gasteiger partial charge >= 0.3 is 0 Å². The largest absolute Gasteiger partial charge is 0.372 e. The lowest BCUT2D eigenvalue weighted by Crippen LogP contribution is -2.42. The van der Waals surface area contributed by atoms with Crippen molar-refractivity contribution in [1.82, 2.24) is 0 Å². The molecule has 0 amide bonds. The Labute approximate surface area is 74.3 Å². The first kappa shape index (κ1) is 9.72. The van der Waals surface area contributed by atoms with E-state index in [2.05, 4.69) is 20.8 Å². The van der Waals surface area contributed by atoms with Crippen LogP contribution in [0.4, 0.5) is 0 Å². The second-order valence-electron chi connectivity index (χ2n) is 4.21. The molecule has 1 heterocycles. The third-order valence-electron chi connectivity index (χ3n) is 2.79. The van der Waals surface area contributed by atoms with Gasteiger partial charge in [-0.1, -0.05) is 0 Å². The van der Waals surface area contributed by atoms with Gasteiger partial charge in [-0.2, -0.15) is 0 Å². The van der Waals surface area contributed by atoms with E-state index in [0.717, 1.165) is 19.1 Å². The van der Waals surface area contributed by atoms with Crippen LogP contribution in [0.1, 0.15) is 40.0 Å². The van der Waals surface area contributed by atoms with Crippen molar-refractivity contribution in [3.63, 3.8) is 0 Å². The average Bonchev–Trinajstić information content (AvgIpc) is 1.94. The van der Waals surface area contributed by atoms with Crippen LogP contribution < -0.4 is 0 Å². The fourth-order valence-electron chi connectivity index (χ4n) is 1.97. The van der Waals surface area contributed by atoms with Crippen LogP contribution in [0.25, 0.3) is 0 Å². The quantitative estimate of drug-likeness (QED) is 0.594. The summed E-state index contributed by atoms with van der Waals surface area (Å²) in [5.41, 5.74) is -0.113. The van der Waals surface area contributed by atoms with Crippen molar-refractivity contribution < 1.29 is 9.53 Å². The summed E-state index contributed by atoms with van der Waals surface area (Å²) in [7, 11) is 0. The summed E-state index contributed by atoms with van der Waals surface area (Å²) in [4.78, 5) is 10.4.